The highest BCUT2D eigenvalue weighted by molar-refractivity contribution is 5.87. The van der Waals surface area contributed by atoms with Crippen LogP contribution in [0, 0.1) is 23.7 Å². The SMILES string of the molecule is C=C(C)C(=O)O[C@]1(CC)C[C@@H]2C[C@H]1[C@@H]1CCC[C@H]21. The summed E-state index contributed by atoms with van der Waals surface area (Å²) in [5.74, 6) is 3.04. The molecule has 100 valence electrons. The third-order valence-corrected chi connectivity index (χ3v) is 5.83. The van der Waals surface area contributed by atoms with E-state index < -0.39 is 0 Å². The van der Waals surface area contributed by atoms with Gasteiger partial charge in [0.1, 0.15) is 5.60 Å². The summed E-state index contributed by atoms with van der Waals surface area (Å²) >= 11 is 0. The fourth-order valence-corrected chi connectivity index (χ4v) is 5.08. The van der Waals surface area contributed by atoms with Crippen molar-refractivity contribution in [2.24, 2.45) is 23.7 Å². The normalized spacial score (nSPS) is 45.0. The van der Waals surface area contributed by atoms with Gasteiger partial charge in [-0.05, 0) is 56.8 Å². The predicted molar refractivity (Wildman–Crippen MR) is 71.0 cm³/mol. The molecule has 3 fully saturated rings. The van der Waals surface area contributed by atoms with Crippen LogP contribution in [0.2, 0.25) is 0 Å². The van der Waals surface area contributed by atoms with Crippen LogP contribution in [0.25, 0.3) is 0 Å². The van der Waals surface area contributed by atoms with Crippen LogP contribution in [0.5, 0.6) is 0 Å². The molecule has 3 saturated carbocycles. The van der Waals surface area contributed by atoms with Crippen molar-refractivity contribution in [3.05, 3.63) is 12.2 Å². The van der Waals surface area contributed by atoms with Crippen LogP contribution in [-0.4, -0.2) is 11.6 Å². The van der Waals surface area contributed by atoms with Gasteiger partial charge in [0.15, 0.2) is 0 Å². The second-order valence-corrected chi connectivity index (χ2v) is 6.65. The molecule has 0 radical (unpaired) electrons. The van der Waals surface area contributed by atoms with Crippen LogP contribution in [-0.2, 0) is 9.53 Å². The summed E-state index contributed by atoms with van der Waals surface area (Å²) in [5, 5.41) is 0. The van der Waals surface area contributed by atoms with E-state index >= 15 is 0 Å². The van der Waals surface area contributed by atoms with Gasteiger partial charge >= 0.3 is 5.97 Å². The topological polar surface area (TPSA) is 26.3 Å². The van der Waals surface area contributed by atoms with Gasteiger partial charge in [0.05, 0.1) is 0 Å². The average molecular weight is 248 g/mol. The van der Waals surface area contributed by atoms with Crippen molar-refractivity contribution in [2.75, 3.05) is 0 Å². The number of ether oxygens (including phenoxy) is 1. The van der Waals surface area contributed by atoms with Crippen LogP contribution in [0.15, 0.2) is 12.2 Å². The van der Waals surface area contributed by atoms with E-state index in [1.165, 1.54) is 25.7 Å². The molecule has 0 heterocycles. The number of esters is 1. The Morgan fingerprint density at radius 2 is 2.11 bits per heavy atom. The summed E-state index contributed by atoms with van der Waals surface area (Å²) < 4.78 is 5.91. The van der Waals surface area contributed by atoms with Crippen LogP contribution in [0.4, 0.5) is 0 Å². The van der Waals surface area contributed by atoms with Crippen molar-refractivity contribution < 1.29 is 9.53 Å². The third-order valence-electron chi connectivity index (χ3n) is 5.83. The van der Waals surface area contributed by atoms with E-state index in [4.69, 9.17) is 4.74 Å². The van der Waals surface area contributed by atoms with Gasteiger partial charge in [0.2, 0.25) is 0 Å². The standard InChI is InChI=1S/C16H24O2/c1-4-16(18-15(17)10(2)3)9-11-8-14(16)13-7-5-6-12(11)13/h11-14H,2,4-9H2,1,3H3/t11-,12+,13+,14-,16+/m0/s1. The zero-order valence-electron chi connectivity index (χ0n) is 11.6. The maximum absolute atomic E-state index is 11.9. The fraction of sp³-hybridized carbons (Fsp3) is 0.812. The molecule has 3 rings (SSSR count). The van der Waals surface area contributed by atoms with Crippen molar-refractivity contribution in [3.8, 4) is 0 Å². The Bertz CT molecular complexity index is 387. The molecule has 0 aromatic carbocycles. The maximum Gasteiger partial charge on any atom is 0.333 e. The lowest BCUT2D eigenvalue weighted by atomic mass is 9.71. The van der Waals surface area contributed by atoms with Crippen molar-refractivity contribution in [3.63, 3.8) is 0 Å². The summed E-state index contributed by atoms with van der Waals surface area (Å²) in [6.07, 6.45) is 7.53. The van der Waals surface area contributed by atoms with E-state index in [2.05, 4.69) is 13.5 Å². The first-order chi connectivity index (χ1) is 8.57. The lowest BCUT2D eigenvalue weighted by Crippen LogP contribution is -2.44. The van der Waals surface area contributed by atoms with E-state index in [9.17, 15) is 4.79 Å². The van der Waals surface area contributed by atoms with Gasteiger partial charge in [-0.3, -0.25) is 0 Å². The number of hydrogen-bond acceptors (Lipinski definition) is 2. The maximum atomic E-state index is 11.9. The number of rotatable bonds is 3. The Morgan fingerprint density at radius 3 is 2.78 bits per heavy atom. The Balaban J connectivity index is 1.82. The van der Waals surface area contributed by atoms with Crippen molar-refractivity contribution in [1.29, 1.82) is 0 Å². The van der Waals surface area contributed by atoms with Gasteiger partial charge < -0.3 is 4.74 Å². The second-order valence-electron chi connectivity index (χ2n) is 6.65. The first kappa shape index (κ1) is 12.3. The summed E-state index contributed by atoms with van der Waals surface area (Å²) in [6, 6.07) is 0. The largest absolute Gasteiger partial charge is 0.455 e. The minimum absolute atomic E-state index is 0.161. The fourth-order valence-electron chi connectivity index (χ4n) is 5.08. The van der Waals surface area contributed by atoms with Gasteiger partial charge in [0, 0.05) is 11.5 Å². The molecule has 18 heavy (non-hydrogen) atoms. The van der Waals surface area contributed by atoms with Crippen LogP contribution >= 0.6 is 0 Å². The van der Waals surface area contributed by atoms with Crippen LogP contribution < -0.4 is 0 Å². The molecule has 2 nitrogen and oxygen atoms in total. The number of carbonyl (C=O) groups is 1. The summed E-state index contributed by atoms with van der Waals surface area (Å²) in [7, 11) is 0. The Morgan fingerprint density at radius 1 is 1.39 bits per heavy atom. The van der Waals surface area contributed by atoms with Gasteiger partial charge in [-0.15, -0.1) is 0 Å². The molecule has 2 bridgehead atoms. The van der Waals surface area contributed by atoms with E-state index in [0.717, 1.165) is 30.6 Å². The van der Waals surface area contributed by atoms with Gasteiger partial charge in [-0.2, -0.15) is 0 Å². The Hall–Kier alpha value is -0.790. The lowest BCUT2D eigenvalue weighted by Gasteiger charge is -2.41. The highest BCUT2D eigenvalue weighted by Gasteiger charge is 2.61. The number of carbonyl (C=O) groups excluding carboxylic acids is 1. The predicted octanol–water partition coefficient (Wildman–Crippen LogP) is 3.71. The summed E-state index contributed by atoms with van der Waals surface area (Å²) in [5.41, 5.74) is 0.375. The molecule has 0 aromatic rings. The third kappa shape index (κ3) is 1.57. The highest BCUT2D eigenvalue weighted by atomic mass is 16.6. The first-order valence-corrected chi connectivity index (χ1v) is 7.46. The number of fused-ring (bicyclic) bond motifs is 5. The second kappa shape index (κ2) is 4.11. The van der Waals surface area contributed by atoms with E-state index in [1.54, 1.807) is 6.92 Å². The Labute approximate surface area is 110 Å². The zero-order chi connectivity index (χ0) is 12.9. The Kier molecular flexibility index (Phi) is 2.80. The summed E-state index contributed by atoms with van der Waals surface area (Å²) in [6.45, 7) is 7.64. The molecule has 2 heteroatoms. The summed E-state index contributed by atoms with van der Waals surface area (Å²) in [4.78, 5) is 11.9. The van der Waals surface area contributed by atoms with Crippen LogP contribution in [0.3, 0.4) is 0 Å². The first-order valence-electron chi connectivity index (χ1n) is 7.46. The molecule has 3 aliphatic carbocycles. The van der Waals surface area contributed by atoms with Crippen molar-refractivity contribution in [2.45, 2.75) is 58.0 Å². The minimum atomic E-state index is -0.182. The molecule has 0 unspecified atom stereocenters. The average Bonchev–Trinajstić information content (AvgIpc) is 2.99. The van der Waals surface area contributed by atoms with E-state index in [-0.39, 0.29) is 11.6 Å². The van der Waals surface area contributed by atoms with Crippen molar-refractivity contribution >= 4 is 5.97 Å². The van der Waals surface area contributed by atoms with Gasteiger partial charge in [-0.25, -0.2) is 4.79 Å². The zero-order valence-corrected chi connectivity index (χ0v) is 11.6. The minimum Gasteiger partial charge on any atom is -0.455 e. The smallest absolute Gasteiger partial charge is 0.333 e. The molecular formula is C16H24O2. The molecular weight excluding hydrogens is 224 g/mol. The van der Waals surface area contributed by atoms with Gasteiger partial charge in [0.25, 0.3) is 0 Å². The number of hydrogen-bond donors (Lipinski definition) is 0. The molecule has 0 N–H and O–H groups in total. The lowest BCUT2D eigenvalue weighted by molar-refractivity contribution is -0.165. The van der Waals surface area contributed by atoms with E-state index in [0.29, 0.717) is 11.5 Å². The molecule has 3 aliphatic rings. The molecule has 0 aromatic heterocycles. The quantitative estimate of drug-likeness (QED) is 0.562. The van der Waals surface area contributed by atoms with Gasteiger partial charge in [-0.1, -0.05) is 19.9 Å². The van der Waals surface area contributed by atoms with Crippen molar-refractivity contribution in [1.82, 2.24) is 0 Å². The highest BCUT2D eigenvalue weighted by Crippen LogP contribution is 2.64. The molecule has 0 aliphatic heterocycles. The molecule has 0 spiro atoms. The van der Waals surface area contributed by atoms with Crippen LogP contribution in [0.1, 0.15) is 52.4 Å². The monoisotopic (exact) mass is 248 g/mol. The van der Waals surface area contributed by atoms with E-state index in [1.807, 2.05) is 0 Å². The molecule has 0 saturated heterocycles. The molecule has 5 atom stereocenters. The molecule has 0 amide bonds.